The van der Waals surface area contributed by atoms with E-state index in [-0.39, 0.29) is 5.54 Å². The van der Waals surface area contributed by atoms with Crippen LogP contribution in [-0.4, -0.2) is 23.5 Å². The van der Waals surface area contributed by atoms with Crippen LogP contribution in [-0.2, 0) is 13.1 Å². The van der Waals surface area contributed by atoms with E-state index in [0.29, 0.717) is 0 Å². The zero-order valence-corrected chi connectivity index (χ0v) is 14.1. The molecule has 0 aromatic carbocycles. The summed E-state index contributed by atoms with van der Waals surface area (Å²) in [7, 11) is 0. The number of nitrogens with zero attached hydrogens (tertiary/aromatic N) is 1. The molecule has 0 radical (unpaired) electrons. The molecule has 116 valence electrons. The van der Waals surface area contributed by atoms with E-state index < -0.39 is 0 Å². The SMILES string of the molecule is CCC(C)CN(CC)Cc1ccc(CNC(C)(C)C)o1. The molecule has 0 spiro atoms. The normalized spacial score (nSPS) is 13.9. The lowest BCUT2D eigenvalue weighted by atomic mass is 10.1. The van der Waals surface area contributed by atoms with Crippen molar-refractivity contribution in [1.82, 2.24) is 10.2 Å². The van der Waals surface area contributed by atoms with Crippen molar-refractivity contribution in [2.75, 3.05) is 13.1 Å². The van der Waals surface area contributed by atoms with Gasteiger partial charge in [0.25, 0.3) is 0 Å². The van der Waals surface area contributed by atoms with Crippen LogP contribution in [0.4, 0.5) is 0 Å². The third-order valence-corrected chi connectivity index (χ3v) is 3.60. The average Bonchev–Trinajstić information content (AvgIpc) is 2.82. The molecule has 0 bridgehead atoms. The summed E-state index contributed by atoms with van der Waals surface area (Å²) < 4.78 is 5.92. The predicted molar refractivity (Wildman–Crippen MR) is 85.7 cm³/mol. The molecule has 0 amide bonds. The van der Waals surface area contributed by atoms with Crippen LogP contribution >= 0.6 is 0 Å². The first-order valence-corrected chi connectivity index (χ1v) is 7.89. The molecule has 0 aliphatic heterocycles. The second-order valence-corrected chi connectivity index (χ2v) is 6.81. The minimum Gasteiger partial charge on any atom is -0.463 e. The summed E-state index contributed by atoms with van der Waals surface area (Å²) in [6.45, 7) is 17.2. The van der Waals surface area contributed by atoms with Crippen LogP contribution in [0.1, 0.15) is 59.5 Å². The Morgan fingerprint density at radius 2 is 1.85 bits per heavy atom. The predicted octanol–water partition coefficient (Wildman–Crippen LogP) is 4.04. The number of rotatable bonds is 8. The highest BCUT2D eigenvalue weighted by Gasteiger charge is 2.12. The molecule has 1 aromatic heterocycles. The van der Waals surface area contributed by atoms with Crippen molar-refractivity contribution in [1.29, 1.82) is 0 Å². The molecule has 1 heterocycles. The fourth-order valence-corrected chi connectivity index (χ4v) is 2.05. The largest absolute Gasteiger partial charge is 0.463 e. The van der Waals surface area contributed by atoms with E-state index in [9.17, 15) is 0 Å². The zero-order chi connectivity index (χ0) is 15.2. The maximum absolute atomic E-state index is 5.92. The van der Waals surface area contributed by atoms with Gasteiger partial charge in [-0.3, -0.25) is 4.90 Å². The van der Waals surface area contributed by atoms with Crippen LogP contribution < -0.4 is 5.32 Å². The van der Waals surface area contributed by atoms with Gasteiger partial charge in [0.15, 0.2) is 0 Å². The van der Waals surface area contributed by atoms with Crippen molar-refractivity contribution >= 4 is 0 Å². The Morgan fingerprint density at radius 1 is 1.20 bits per heavy atom. The molecular weight excluding hydrogens is 248 g/mol. The van der Waals surface area contributed by atoms with Gasteiger partial charge < -0.3 is 9.73 Å². The molecule has 0 saturated carbocycles. The summed E-state index contributed by atoms with van der Waals surface area (Å²) in [6.07, 6.45) is 1.23. The highest BCUT2D eigenvalue weighted by atomic mass is 16.3. The van der Waals surface area contributed by atoms with E-state index in [1.165, 1.54) is 6.42 Å². The molecule has 20 heavy (non-hydrogen) atoms. The maximum Gasteiger partial charge on any atom is 0.118 e. The Balaban J connectivity index is 2.49. The maximum atomic E-state index is 5.92. The summed E-state index contributed by atoms with van der Waals surface area (Å²) in [5, 5.41) is 3.45. The van der Waals surface area contributed by atoms with Crippen molar-refractivity contribution in [3.05, 3.63) is 23.7 Å². The van der Waals surface area contributed by atoms with Crippen molar-refractivity contribution in [3.8, 4) is 0 Å². The van der Waals surface area contributed by atoms with Crippen molar-refractivity contribution in [2.45, 2.75) is 66.6 Å². The fraction of sp³-hybridized carbons (Fsp3) is 0.765. The van der Waals surface area contributed by atoms with E-state index in [1.54, 1.807) is 0 Å². The Bertz CT molecular complexity index is 379. The molecule has 1 atom stereocenters. The molecule has 0 fully saturated rings. The summed E-state index contributed by atoms with van der Waals surface area (Å²) in [5.41, 5.74) is 0.124. The van der Waals surface area contributed by atoms with Gasteiger partial charge in [0.2, 0.25) is 0 Å². The van der Waals surface area contributed by atoms with Crippen molar-refractivity contribution < 1.29 is 4.42 Å². The molecule has 3 heteroatoms. The van der Waals surface area contributed by atoms with Crippen LogP contribution in [0.15, 0.2) is 16.5 Å². The van der Waals surface area contributed by atoms with Crippen molar-refractivity contribution in [3.63, 3.8) is 0 Å². The summed E-state index contributed by atoms with van der Waals surface area (Å²) in [4.78, 5) is 2.45. The van der Waals surface area contributed by atoms with Gasteiger partial charge in [0.05, 0.1) is 13.1 Å². The highest BCUT2D eigenvalue weighted by molar-refractivity contribution is 5.07. The van der Waals surface area contributed by atoms with Gasteiger partial charge >= 0.3 is 0 Å². The first kappa shape index (κ1) is 17.3. The molecule has 1 N–H and O–H groups in total. The van der Waals surface area contributed by atoms with Gasteiger partial charge in [-0.15, -0.1) is 0 Å². The number of furan rings is 1. The van der Waals surface area contributed by atoms with E-state index >= 15 is 0 Å². The van der Waals surface area contributed by atoms with Gasteiger partial charge in [-0.05, 0) is 45.4 Å². The Kier molecular flexibility index (Phi) is 6.77. The molecule has 1 unspecified atom stereocenters. The number of nitrogens with one attached hydrogen (secondary N) is 1. The highest BCUT2D eigenvalue weighted by Crippen LogP contribution is 2.13. The van der Waals surface area contributed by atoms with Gasteiger partial charge in [0.1, 0.15) is 11.5 Å². The topological polar surface area (TPSA) is 28.4 Å². The van der Waals surface area contributed by atoms with Crippen LogP contribution in [0.2, 0.25) is 0 Å². The lowest BCUT2D eigenvalue weighted by Gasteiger charge is -2.22. The van der Waals surface area contributed by atoms with E-state index in [4.69, 9.17) is 4.42 Å². The van der Waals surface area contributed by atoms with E-state index in [0.717, 1.165) is 43.6 Å². The third-order valence-electron chi connectivity index (χ3n) is 3.60. The quantitative estimate of drug-likeness (QED) is 0.779. The second kappa shape index (κ2) is 7.84. The average molecular weight is 280 g/mol. The molecule has 3 nitrogen and oxygen atoms in total. The van der Waals surface area contributed by atoms with Crippen molar-refractivity contribution in [2.24, 2.45) is 5.92 Å². The second-order valence-electron chi connectivity index (χ2n) is 6.81. The minimum atomic E-state index is 0.124. The fourth-order valence-electron chi connectivity index (χ4n) is 2.05. The monoisotopic (exact) mass is 280 g/mol. The summed E-state index contributed by atoms with van der Waals surface area (Å²) in [5.74, 6) is 2.84. The molecule has 0 aliphatic rings. The number of hydrogen-bond donors (Lipinski definition) is 1. The Morgan fingerprint density at radius 3 is 2.40 bits per heavy atom. The van der Waals surface area contributed by atoms with E-state index in [2.05, 4.69) is 63.9 Å². The third kappa shape index (κ3) is 6.58. The van der Waals surface area contributed by atoms with Gasteiger partial charge in [0, 0.05) is 12.1 Å². The van der Waals surface area contributed by atoms with Crippen LogP contribution in [0, 0.1) is 5.92 Å². The standard InChI is InChI=1S/C17H32N2O/c1-7-14(3)12-19(8-2)13-16-10-9-15(20-16)11-18-17(4,5)6/h9-10,14,18H,7-8,11-13H2,1-6H3. The van der Waals surface area contributed by atoms with Crippen LogP contribution in [0.3, 0.4) is 0 Å². The van der Waals surface area contributed by atoms with E-state index in [1.807, 2.05) is 0 Å². The molecule has 0 aliphatic carbocycles. The summed E-state index contributed by atoms with van der Waals surface area (Å²) in [6, 6.07) is 4.20. The number of hydrogen-bond acceptors (Lipinski definition) is 3. The lowest BCUT2D eigenvalue weighted by molar-refractivity contribution is 0.218. The molecular formula is C17H32N2O. The molecule has 0 saturated heterocycles. The van der Waals surface area contributed by atoms with Crippen LogP contribution in [0.5, 0.6) is 0 Å². The Hall–Kier alpha value is -0.800. The first-order chi connectivity index (χ1) is 9.34. The summed E-state index contributed by atoms with van der Waals surface area (Å²) >= 11 is 0. The first-order valence-electron chi connectivity index (χ1n) is 7.89. The lowest BCUT2D eigenvalue weighted by Crippen LogP contribution is -2.34. The van der Waals surface area contributed by atoms with Gasteiger partial charge in [-0.25, -0.2) is 0 Å². The molecule has 1 rings (SSSR count). The molecule has 1 aromatic rings. The van der Waals surface area contributed by atoms with Crippen LogP contribution in [0.25, 0.3) is 0 Å². The van der Waals surface area contributed by atoms with Gasteiger partial charge in [-0.2, -0.15) is 0 Å². The Labute approximate surface area is 124 Å². The van der Waals surface area contributed by atoms with Gasteiger partial charge in [-0.1, -0.05) is 27.2 Å². The minimum absolute atomic E-state index is 0.124. The zero-order valence-electron chi connectivity index (χ0n) is 14.1. The smallest absolute Gasteiger partial charge is 0.118 e.